The van der Waals surface area contributed by atoms with Crippen LogP contribution in [0.2, 0.25) is 0 Å². The van der Waals surface area contributed by atoms with Crippen molar-refractivity contribution in [3.63, 3.8) is 0 Å². The Labute approximate surface area is 153 Å². The Balaban J connectivity index is 0.00000196. The van der Waals surface area contributed by atoms with Crippen LogP contribution in [0.4, 0.5) is 0 Å². The van der Waals surface area contributed by atoms with E-state index in [0.29, 0.717) is 5.65 Å². The predicted octanol–water partition coefficient (Wildman–Crippen LogP) is 2.42. The van der Waals surface area contributed by atoms with E-state index in [2.05, 4.69) is 27.2 Å². The minimum absolute atomic E-state index is 0. The van der Waals surface area contributed by atoms with Crippen LogP contribution in [0.5, 0.6) is 5.75 Å². The van der Waals surface area contributed by atoms with Crippen LogP contribution < -0.4 is 10.4 Å². The third kappa shape index (κ3) is 3.19. The molecule has 0 aliphatic heterocycles. The molecule has 0 aliphatic carbocycles. The summed E-state index contributed by atoms with van der Waals surface area (Å²) in [5, 5.41) is 4.10. The number of nitrogens with one attached hydrogen (secondary N) is 1. The molecule has 0 saturated heterocycles. The lowest BCUT2D eigenvalue weighted by molar-refractivity contribution is 0.405. The number of ether oxygens (including phenoxy) is 1. The second-order valence-corrected chi connectivity index (χ2v) is 6.40. The number of nitrogens with zero attached hydrogens (tertiary/aromatic N) is 3. The van der Waals surface area contributed by atoms with E-state index in [1.54, 1.807) is 25.1 Å². The molecule has 0 unspecified atom stereocenters. The minimum Gasteiger partial charge on any atom is -0.496 e. The molecule has 8 heteroatoms. The lowest BCUT2D eigenvalue weighted by Crippen LogP contribution is -2.17. The summed E-state index contributed by atoms with van der Waals surface area (Å²) in [5.74, 6) is 0.760. The maximum absolute atomic E-state index is 11.8. The summed E-state index contributed by atoms with van der Waals surface area (Å²) < 4.78 is 6.80. The molecule has 0 saturated carbocycles. The highest BCUT2D eigenvalue weighted by molar-refractivity contribution is 7.99. The first-order valence-electron chi connectivity index (χ1n) is 7.59. The van der Waals surface area contributed by atoms with Gasteiger partial charge in [-0.2, -0.15) is 9.61 Å². The highest BCUT2D eigenvalue weighted by Gasteiger charge is 2.13. The van der Waals surface area contributed by atoms with Gasteiger partial charge in [0, 0.05) is 10.5 Å². The Morgan fingerprint density at radius 2 is 1.96 bits per heavy atom. The summed E-state index contributed by atoms with van der Waals surface area (Å²) in [4.78, 5) is 20.7. The largest absolute Gasteiger partial charge is 0.496 e. The number of fused-ring (bicyclic) bond motifs is 1. The fourth-order valence-electron chi connectivity index (χ4n) is 2.56. The molecular formula is C18H16N4O3S. The van der Waals surface area contributed by atoms with Crippen molar-refractivity contribution < 1.29 is 10.2 Å². The third-order valence-corrected chi connectivity index (χ3v) is 4.82. The van der Waals surface area contributed by atoms with Crippen LogP contribution >= 0.6 is 11.8 Å². The van der Waals surface area contributed by atoms with Gasteiger partial charge in [-0.15, -0.1) is 0 Å². The van der Waals surface area contributed by atoms with Gasteiger partial charge in [0.15, 0.2) is 5.65 Å². The summed E-state index contributed by atoms with van der Waals surface area (Å²) >= 11 is 1.63. The number of H-pyrrole nitrogens is 1. The molecule has 0 spiro atoms. The first-order valence-corrected chi connectivity index (χ1v) is 8.40. The Morgan fingerprint density at radius 1 is 1.15 bits per heavy atom. The summed E-state index contributed by atoms with van der Waals surface area (Å²) in [6, 6.07) is 16.0. The van der Waals surface area contributed by atoms with Crippen LogP contribution in [0.25, 0.3) is 16.8 Å². The van der Waals surface area contributed by atoms with E-state index in [1.807, 2.05) is 36.4 Å². The highest BCUT2D eigenvalue weighted by Crippen LogP contribution is 2.37. The molecule has 4 aromatic rings. The number of aromatic nitrogens is 4. The van der Waals surface area contributed by atoms with Gasteiger partial charge in [-0.3, -0.25) is 4.98 Å². The van der Waals surface area contributed by atoms with Crippen molar-refractivity contribution in [2.24, 2.45) is 0 Å². The molecule has 7 nitrogen and oxygen atoms in total. The first-order chi connectivity index (χ1) is 12.3. The zero-order chi connectivity index (χ0) is 17.2. The quantitative estimate of drug-likeness (QED) is 0.596. The SMILES string of the molecule is COc1cc(-c2cnn3c(=O)[nH]cnc23)ccc1Sc1ccccc1.O. The van der Waals surface area contributed by atoms with E-state index in [9.17, 15) is 4.79 Å². The van der Waals surface area contributed by atoms with Crippen molar-refractivity contribution in [3.8, 4) is 16.9 Å². The van der Waals surface area contributed by atoms with Gasteiger partial charge in [0.05, 0.1) is 24.5 Å². The fraction of sp³-hybridized carbons (Fsp3) is 0.0556. The number of benzene rings is 2. The highest BCUT2D eigenvalue weighted by atomic mass is 32.2. The Bertz CT molecular complexity index is 1090. The Hall–Kier alpha value is -3.10. The molecule has 4 rings (SSSR count). The summed E-state index contributed by atoms with van der Waals surface area (Å²) in [7, 11) is 1.65. The van der Waals surface area contributed by atoms with E-state index in [0.717, 1.165) is 26.7 Å². The van der Waals surface area contributed by atoms with Gasteiger partial charge in [-0.05, 0) is 29.8 Å². The van der Waals surface area contributed by atoms with Crippen molar-refractivity contribution in [3.05, 3.63) is 71.5 Å². The molecule has 132 valence electrons. The van der Waals surface area contributed by atoms with Gasteiger partial charge in [-0.25, -0.2) is 9.78 Å². The average molecular weight is 368 g/mol. The Kier molecular flexibility index (Phi) is 5.06. The van der Waals surface area contributed by atoms with E-state index >= 15 is 0 Å². The normalized spacial score (nSPS) is 10.5. The zero-order valence-electron chi connectivity index (χ0n) is 13.8. The van der Waals surface area contributed by atoms with Crippen LogP contribution in [-0.4, -0.2) is 32.2 Å². The van der Waals surface area contributed by atoms with Crippen LogP contribution in [-0.2, 0) is 0 Å². The maximum Gasteiger partial charge on any atom is 0.349 e. The molecular weight excluding hydrogens is 352 g/mol. The standard InChI is InChI=1S/C18H14N4O2S.H2O/c1-24-15-9-12(7-8-16(15)25-13-5-3-2-4-6-13)14-10-21-22-17(14)19-11-20-18(22)23;/h2-11H,1H3,(H,19,20,23);1H2. The minimum atomic E-state index is -0.320. The number of hydrogen-bond donors (Lipinski definition) is 1. The smallest absolute Gasteiger partial charge is 0.349 e. The average Bonchev–Trinajstić information content (AvgIpc) is 3.08. The molecule has 2 heterocycles. The van der Waals surface area contributed by atoms with Crippen LogP contribution in [0.15, 0.2) is 75.6 Å². The second kappa shape index (κ2) is 7.42. The Morgan fingerprint density at radius 3 is 2.73 bits per heavy atom. The van der Waals surface area contributed by atoms with E-state index in [-0.39, 0.29) is 11.2 Å². The number of hydrogen-bond acceptors (Lipinski definition) is 5. The topological polar surface area (TPSA) is 104 Å². The van der Waals surface area contributed by atoms with E-state index < -0.39 is 0 Å². The molecule has 0 bridgehead atoms. The fourth-order valence-corrected chi connectivity index (χ4v) is 3.49. The van der Waals surface area contributed by atoms with Crippen molar-refractivity contribution >= 4 is 17.4 Å². The molecule has 2 aromatic heterocycles. The number of methoxy groups -OCH3 is 1. The van der Waals surface area contributed by atoms with Crippen LogP contribution in [0.3, 0.4) is 0 Å². The van der Waals surface area contributed by atoms with Crippen molar-refractivity contribution in [1.29, 1.82) is 0 Å². The van der Waals surface area contributed by atoms with Crippen molar-refractivity contribution in [2.75, 3.05) is 7.11 Å². The van der Waals surface area contributed by atoms with Gasteiger partial charge in [0.25, 0.3) is 0 Å². The van der Waals surface area contributed by atoms with Crippen molar-refractivity contribution in [1.82, 2.24) is 19.6 Å². The number of rotatable bonds is 4. The van der Waals surface area contributed by atoms with Crippen LogP contribution in [0, 0.1) is 0 Å². The summed E-state index contributed by atoms with van der Waals surface area (Å²) in [6.07, 6.45) is 3.01. The van der Waals surface area contributed by atoms with Crippen molar-refractivity contribution in [2.45, 2.75) is 9.79 Å². The number of aromatic amines is 1. The van der Waals surface area contributed by atoms with Gasteiger partial charge >= 0.3 is 5.69 Å². The first kappa shape index (κ1) is 17.7. The van der Waals surface area contributed by atoms with Gasteiger partial charge in [-0.1, -0.05) is 36.0 Å². The lowest BCUT2D eigenvalue weighted by Gasteiger charge is -2.10. The molecule has 0 aliphatic rings. The zero-order valence-corrected chi connectivity index (χ0v) is 14.7. The van der Waals surface area contributed by atoms with Crippen LogP contribution in [0.1, 0.15) is 0 Å². The van der Waals surface area contributed by atoms with E-state index in [1.165, 1.54) is 10.8 Å². The maximum atomic E-state index is 11.8. The van der Waals surface area contributed by atoms with Gasteiger partial charge < -0.3 is 10.2 Å². The van der Waals surface area contributed by atoms with E-state index in [4.69, 9.17) is 4.74 Å². The summed E-state index contributed by atoms with van der Waals surface area (Å²) in [5.41, 5.74) is 1.86. The molecule has 26 heavy (non-hydrogen) atoms. The third-order valence-electron chi connectivity index (χ3n) is 3.76. The van der Waals surface area contributed by atoms with Gasteiger partial charge in [0.1, 0.15) is 5.75 Å². The molecule has 0 amide bonds. The summed E-state index contributed by atoms with van der Waals surface area (Å²) in [6.45, 7) is 0. The predicted molar refractivity (Wildman–Crippen MR) is 99.8 cm³/mol. The van der Waals surface area contributed by atoms with Gasteiger partial charge in [0.2, 0.25) is 0 Å². The lowest BCUT2D eigenvalue weighted by atomic mass is 10.1. The monoisotopic (exact) mass is 368 g/mol. The molecule has 0 radical (unpaired) electrons. The molecule has 0 atom stereocenters. The second-order valence-electron chi connectivity index (χ2n) is 5.28. The molecule has 0 fully saturated rings. The molecule has 3 N–H and O–H groups in total. The molecule has 2 aromatic carbocycles.